The second-order valence-corrected chi connectivity index (χ2v) is 13.8. The Hall–Kier alpha value is -5.45. The molecule has 4 heterocycles. The molecule has 4 amide bonds. The first-order chi connectivity index (χ1) is 24.3. The Morgan fingerprint density at radius 1 is 1.00 bits per heavy atom. The van der Waals surface area contributed by atoms with Gasteiger partial charge < -0.3 is 30.2 Å². The zero-order valence-corrected chi connectivity index (χ0v) is 29.7. The number of rotatable bonds is 8. The van der Waals surface area contributed by atoms with Crippen LogP contribution in [0.4, 0.5) is 23.7 Å². The third-order valence-corrected chi connectivity index (χ3v) is 9.33. The lowest BCUT2D eigenvalue weighted by Crippen LogP contribution is -2.61. The van der Waals surface area contributed by atoms with Gasteiger partial charge in [0, 0.05) is 62.9 Å². The van der Waals surface area contributed by atoms with E-state index in [1.165, 1.54) is 58.9 Å². The molecule has 0 saturated carbocycles. The number of aromatic nitrogens is 5. The molecule has 0 bridgehead atoms. The van der Waals surface area contributed by atoms with Gasteiger partial charge in [0.15, 0.2) is 17.1 Å². The summed E-state index contributed by atoms with van der Waals surface area (Å²) in [6.07, 6.45) is -0.378. The largest absolute Gasteiger partial charge is 0.435 e. The molecular weight excluding hydrogens is 707 g/mol. The van der Waals surface area contributed by atoms with Crippen LogP contribution in [0.25, 0.3) is 11.3 Å². The van der Waals surface area contributed by atoms with Gasteiger partial charge in [0.05, 0.1) is 34.6 Å². The van der Waals surface area contributed by atoms with E-state index in [2.05, 4.69) is 20.4 Å². The highest BCUT2D eigenvalue weighted by Gasteiger charge is 2.50. The normalized spacial score (nSPS) is 14.9. The molecule has 18 heteroatoms. The van der Waals surface area contributed by atoms with Crippen LogP contribution in [0.5, 0.6) is 0 Å². The van der Waals surface area contributed by atoms with Gasteiger partial charge in [0.25, 0.3) is 17.7 Å². The predicted molar refractivity (Wildman–Crippen MR) is 183 cm³/mol. The van der Waals surface area contributed by atoms with Crippen molar-refractivity contribution >= 4 is 41.1 Å². The molecule has 1 fully saturated rings. The van der Waals surface area contributed by atoms with Gasteiger partial charge in [0.1, 0.15) is 0 Å². The molecule has 14 nitrogen and oxygen atoms in total. The minimum absolute atomic E-state index is 0.0131. The van der Waals surface area contributed by atoms with Crippen molar-refractivity contribution in [3.63, 3.8) is 0 Å². The molecule has 1 saturated heterocycles. The number of halogens is 4. The fraction of sp³-hybridized carbons (Fsp3) is 0.382. The number of nitrogens with two attached hydrogens (primary N) is 1. The summed E-state index contributed by atoms with van der Waals surface area (Å²) in [5, 5.41) is 6.42. The smallest absolute Gasteiger partial charge is 0.433 e. The van der Waals surface area contributed by atoms with Gasteiger partial charge in [-0.15, -0.1) is 0 Å². The van der Waals surface area contributed by atoms with Crippen LogP contribution < -0.4 is 11.1 Å². The molecule has 4 aromatic rings. The van der Waals surface area contributed by atoms with Gasteiger partial charge >= 0.3 is 12.3 Å². The van der Waals surface area contributed by atoms with Gasteiger partial charge in [-0.05, 0) is 36.8 Å². The Kier molecular flexibility index (Phi) is 10.4. The summed E-state index contributed by atoms with van der Waals surface area (Å²) in [7, 11) is 1.41. The van der Waals surface area contributed by atoms with E-state index >= 15 is 0 Å². The minimum atomic E-state index is -4.78. The first kappa shape index (κ1) is 37.8. The predicted octanol–water partition coefficient (Wildman–Crippen LogP) is 4.84. The lowest BCUT2D eigenvalue weighted by molar-refractivity contribution is -0.162. The Balaban J connectivity index is 1.26. The number of ether oxygens (including phenoxy) is 1. The summed E-state index contributed by atoms with van der Waals surface area (Å²) < 4.78 is 49.7. The van der Waals surface area contributed by atoms with Crippen molar-refractivity contribution in [3.05, 3.63) is 82.8 Å². The van der Waals surface area contributed by atoms with Crippen LogP contribution in [0.3, 0.4) is 0 Å². The molecule has 1 aliphatic heterocycles. The lowest BCUT2D eigenvalue weighted by atomic mass is 9.76. The average Bonchev–Trinajstić information content (AvgIpc) is 3.67. The van der Waals surface area contributed by atoms with Crippen LogP contribution in [0.15, 0.2) is 55.1 Å². The summed E-state index contributed by atoms with van der Waals surface area (Å²) in [5.41, 5.74) is 2.59. The van der Waals surface area contributed by atoms with Crippen molar-refractivity contribution in [1.29, 1.82) is 0 Å². The van der Waals surface area contributed by atoms with Crippen LogP contribution in [0.2, 0.25) is 5.02 Å². The van der Waals surface area contributed by atoms with Gasteiger partial charge in [-0.25, -0.2) is 9.78 Å². The number of pyridine rings is 1. The van der Waals surface area contributed by atoms with Crippen molar-refractivity contribution in [2.45, 2.75) is 46.0 Å². The number of nitrogens with zero attached hydrogens (tertiary/aromatic N) is 7. The summed E-state index contributed by atoms with van der Waals surface area (Å²) in [6.45, 7) is 7.51. The Morgan fingerprint density at radius 3 is 2.25 bits per heavy atom. The molecule has 3 aromatic heterocycles. The zero-order valence-electron chi connectivity index (χ0n) is 29.0. The maximum atomic E-state index is 14.0. The van der Waals surface area contributed by atoms with Crippen LogP contribution >= 0.6 is 11.6 Å². The van der Waals surface area contributed by atoms with Crippen molar-refractivity contribution < 1.29 is 37.1 Å². The molecule has 1 aliphatic rings. The second kappa shape index (κ2) is 14.3. The van der Waals surface area contributed by atoms with E-state index in [1.807, 2.05) is 0 Å². The van der Waals surface area contributed by atoms with Gasteiger partial charge in [0.2, 0.25) is 0 Å². The number of hydrogen-bond acceptors (Lipinski definition) is 8. The van der Waals surface area contributed by atoms with E-state index in [9.17, 15) is 32.3 Å². The Bertz CT molecular complexity index is 2000. The number of piperazine rings is 1. The monoisotopic (exact) mass is 743 g/mol. The topological polar surface area (TPSA) is 171 Å². The quantitative estimate of drug-likeness (QED) is 0.258. The Labute approximate surface area is 301 Å². The first-order valence-corrected chi connectivity index (χ1v) is 16.4. The van der Waals surface area contributed by atoms with Crippen LogP contribution in [-0.4, -0.2) is 89.7 Å². The maximum absolute atomic E-state index is 14.0. The standard InChI is InChI=1S/C34H37ClF3N9O5/c1-32(2,3)33(4,52-31(39)51)30(50)46-13-11-45(12-14-46)29(49)22-9-8-21(15-24(22)35)42-28(48)27-41-17-25(44(27)5)23-19-47(43-26(23)34(36,37)38)18-20-7-6-10-40-16-20/h6-10,15-17,19H,11-14,18H2,1-5H3,(H2,39,51)(H,42,48). The van der Waals surface area contributed by atoms with E-state index in [4.69, 9.17) is 22.1 Å². The minimum Gasteiger partial charge on any atom is -0.433 e. The van der Waals surface area contributed by atoms with E-state index in [0.717, 1.165) is 10.9 Å². The van der Waals surface area contributed by atoms with E-state index < -0.39 is 46.7 Å². The third kappa shape index (κ3) is 7.73. The number of anilines is 1. The number of nitrogens with one attached hydrogen (secondary N) is 1. The molecule has 0 radical (unpaired) electrons. The van der Waals surface area contributed by atoms with E-state index in [0.29, 0.717) is 5.56 Å². The SMILES string of the molecule is Cn1c(-c2cn(Cc3cccnc3)nc2C(F)(F)F)cnc1C(=O)Nc1ccc(C(=O)N2CCN(C(=O)C(C)(OC(N)=O)C(C)(C)C)CC2)c(Cl)c1. The first-order valence-electron chi connectivity index (χ1n) is 16.0. The highest BCUT2D eigenvalue weighted by molar-refractivity contribution is 6.34. The summed E-state index contributed by atoms with van der Waals surface area (Å²) in [6, 6.07) is 7.64. The molecule has 5 rings (SSSR count). The molecule has 1 aromatic carbocycles. The number of imidazole rings is 1. The lowest BCUT2D eigenvalue weighted by Gasteiger charge is -2.44. The number of carbonyl (C=O) groups excluding carboxylic acids is 4. The average molecular weight is 744 g/mol. The summed E-state index contributed by atoms with van der Waals surface area (Å²) in [5.74, 6) is -1.75. The number of benzene rings is 1. The number of alkyl halides is 3. The zero-order chi connectivity index (χ0) is 38.2. The Morgan fingerprint density at radius 2 is 1.67 bits per heavy atom. The summed E-state index contributed by atoms with van der Waals surface area (Å²) in [4.78, 5) is 62.7. The fourth-order valence-corrected chi connectivity index (χ4v) is 5.97. The molecule has 0 aliphatic carbocycles. The molecule has 3 N–H and O–H groups in total. The van der Waals surface area contributed by atoms with E-state index in [-0.39, 0.29) is 66.1 Å². The van der Waals surface area contributed by atoms with Crippen molar-refractivity contribution in [3.8, 4) is 11.3 Å². The maximum Gasteiger partial charge on any atom is 0.435 e. The van der Waals surface area contributed by atoms with Crippen LogP contribution in [0.1, 0.15) is 59.9 Å². The number of carbonyl (C=O) groups is 4. The van der Waals surface area contributed by atoms with E-state index in [1.54, 1.807) is 39.1 Å². The van der Waals surface area contributed by atoms with Crippen molar-refractivity contribution in [2.75, 3.05) is 31.5 Å². The molecule has 1 unspecified atom stereocenters. The van der Waals surface area contributed by atoms with Gasteiger partial charge in [-0.3, -0.25) is 24.0 Å². The molecule has 52 heavy (non-hydrogen) atoms. The molecule has 276 valence electrons. The van der Waals surface area contributed by atoms with Crippen molar-refractivity contribution in [1.82, 2.24) is 34.1 Å². The molecule has 0 spiro atoms. The highest BCUT2D eigenvalue weighted by atomic mass is 35.5. The number of primary amides is 1. The third-order valence-electron chi connectivity index (χ3n) is 9.02. The second-order valence-electron chi connectivity index (χ2n) is 13.4. The number of hydrogen-bond donors (Lipinski definition) is 2. The van der Waals surface area contributed by atoms with Gasteiger partial charge in [-0.2, -0.15) is 18.3 Å². The van der Waals surface area contributed by atoms with Crippen LogP contribution in [-0.2, 0) is 29.3 Å². The summed E-state index contributed by atoms with van der Waals surface area (Å²) >= 11 is 6.48. The van der Waals surface area contributed by atoms with Crippen molar-refractivity contribution in [2.24, 2.45) is 18.2 Å². The number of amides is 4. The highest BCUT2D eigenvalue weighted by Crippen LogP contribution is 2.37. The molecular formula is C34H37ClF3N9O5. The molecule has 1 atom stereocenters. The van der Waals surface area contributed by atoms with Gasteiger partial charge in [-0.1, -0.05) is 38.4 Å². The van der Waals surface area contributed by atoms with Crippen LogP contribution in [0, 0.1) is 5.41 Å². The fourth-order valence-electron chi connectivity index (χ4n) is 5.71.